The van der Waals surface area contributed by atoms with E-state index in [1.807, 2.05) is 0 Å². The van der Waals surface area contributed by atoms with E-state index >= 15 is 0 Å². The Labute approximate surface area is 137 Å². The Morgan fingerprint density at radius 3 is 2.52 bits per heavy atom. The molecule has 0 unspecified atom stereocenters. The number of hydrogen-bond acceptors (Lipinski definition) is 4. The smallest absolute Gasteiger partial charge is 0.253 e. The van der Waals surface area contributed by atoms with Gasteiger partial charge in [0.2, 0.25) is 5.91 Å². The van der Waals surface area contributed by atoms with Gasteiger partial charge in [-0.25, -0.2) is 9.37 Å². The number of anilines is 1. The van der Waals surface area contributed by atoms with Gasteiger partial charge in [0.1, 0.15) is 5.82 Å². The predicted molar refractivity (Wildman–Crippen MR) is 85.8 cm³/mol. The lowest BCUT2D eigenvalue weighted by molar-refractivity contribution is -0.121. The summed E-state index contributed by atoms with van der Waals surface area (Å²) in [6.07, 6.45) is 2.87. The van der Waals surface area contributed by atoms with Crippen molar-refractivity contribution < 1.29 is 14.0 Å². The van der Waals surface area contributed by atoms with Crippen LogP contribution in [0.4, 0.5) is 9.52 Å². The van der Waals surface area contributed by atoms with Gasteiger partial charge < -0.3 is 10.2 Å². The molecule has 2 amide bonds. The second-order valence-corrected chi connectivity index (χ2v) is 6.29. The summed E-state index contributed by atoms with van der Waals surface area (Å²) < 4.78 is 12.9. The molecular weight excluding hydrogens is 317 g/mol. The number of piperidine rings is 1. The lowest BCUT2D eigenvalue weighted by atomic mass is 9.95. The fourth-order valence-electron chi connectivity index (χ4n) is 2.61. The van der Waals surface area contributed by atoms with Crippen molar-refractivity contribution in [2.24, 2.45) is 5.92 Å². The first-order valence-electron chi connectivity index (χ1n) is 7.38. The maximum Gasteiger partial charge on any atom is 0.253 e. The van der Waals surface area contributed by atoms with Crippen molar-refractivity contribution in [2.45, 2.75) is 12.8 Å². The quantitative estimate of drug-likeness (QED) is 0.939. The SMILES string of the molecule is O=C(Nc1nccs1)C1CCN(C(=O)c2ccc(F)cc2)CC1. The van der Waals surface area contributed by atoms with Crippen LogP contribution in [-0.4, -0.2) is 34.8 Å². The van der Waals surface area contributed by atoms with Gasteiger partial charge in [-0.3, -0.25) is 9.59 Å². The zero-order valence-electron chi connectivity index (χ0n) is 12.4. The fraction of sp³-hybridized carbons (Fsp3) is 0.312. The Morgan fingerprint density at radius 1 is 1.22 bits per heavy atom. The van der Waals surface area contributed by atoms with Gasteiger partial charge in [0.15, 0.2) is 5.13 Å². The number of likely N-dealkylation sites (tertiary alicyclic amines) is 1. The van der Waals surface area contributed by atoms with Crippen LogP contribution in [-0.2, 0) is 4.79 Å². The number of halogens is 1. The standard InChI is InChI=1S/C16H16FN3O2S/c17-13-3-1-12(2-4-13)15(22)20-8-5-11(6-9-20)14(21)19-16-18-7-10-23-16/h1-4,7,10-11H,5-6,8-9H2,(H,18,19,21). The van der Waals surface area contributed by atoms with E-state index in [0.29, 0.717) is 36.6 Å². The number of nitrogens with zero attached hydrogens (tertiary/aromatic N) is 2. The largest absolute Gasteiger partial charge is 0.339 e. The monoisotopic (exact) mass is 333 g/mol. The molecule has 7 heteroatoms. The summed E-state index contributed by atoms with van der Waals surface area (Å²) in [6.45, 7) is 1.04. The van der Waals surface area contributed by atoms with Gasteiger partial charge in [-0.15, -0.1) is 11.3 Å². The minimum Gasteiger partial charge on any atom is -0.339 e. The van der Waals surface area contributed by atoms with Gasteiger partial charge in [-0.2, -0.15) is 0 Å². The third kappa shape index (κ3) is 3.73. The third-order valence-corrected chi connectivity index (χ3v) is 4.60. The molecule has 0 saturated carbocycles. The van der Waals surface area contributed by atoms with Crippen LogP contribution >= 0.6 is 11.3 Å². The van der Waals surface area contributed by atoms with Crippen molar-refractivity contribution >= 4 is 28.3 Å². The van der Waals surface area contributed by atoms with Gasteiger partial charge in [-0.05, 0) is 37.1 Å². The first-order valence-corrected chi connectivity index (χ1v) is 8.26. The molecular formula is C16H16FN3O2S. The van der Waals surface area contributed by atoms with Crippen LogP contribution < -0.4 is 5.32 Å². The first-order chi connectivity index (χ1) is 11.1. The predicted octanol–water partition coefficient (Wildman–Crippen LogP) is 2.77. The highest BCUT2D eigenvalue weighted by Gasteiger charge is 2.28. The Bertz CT molecular complexity index is 680. The minimum absolute atomic E-state index is 0.0474. The number of rotatable bonds is 3. The van der Waals surface area contributed by atoms with Crippen molar-refractivity contribution in [1.29, 1.82) is 0 Å². The zero-order chi connectivity index (χ0) is 16.2. The molecule has 0 bridgehead atoms. The Morgan fingerprint density at radius 2 is 1.91 bits per heavy atom. The van der Waals surface area contributed by atoms with Crippen LogP contribution in [0.3, 0.4) is 0 Å². The van der Waals surface area contributed by atoms with Gasteiger partial charge in [-0.1, -0.05) is 0 Å². The van der Waals surface area contributed by atoms with E-state index in [1.54, 1.807) is 16.5 Å². The Kier molecular flexibility index (Phi) is 4.66. The molecule has 3 rings (SSSR count). The molecule has 1 aliphatic heterocycles. The number of hydrogen-bond donors (Lipinski definition) is 1. The highest BCUT2D eigenvalue weighted by Crippen LogP contribution is 2.21. The molecule has 0 aliphatic carbocycles. The second kappa shape index (κ2) is 6.87. The molecule has 1 N–H and O–H groups in total. The maximum atomic E-state index is 12.9. The van der Waals surface area contributed by atoms with E-state index < -0.39 is 0 Å². The van der Waals surface area contributed by atoms with E-state index in [0.717, 1.165) is 0 Å². The normalized spacial score (nSPS) is 15.4. The summed E-state index contributed by atoms with van der Waals surface area (Å²) in [5, 5.41) is 5.20. The summed E-state index contributed by atoms with van der Waals surface area (Å²) in [7, 11) is 0. The topological polar surface area (TPSA) is 62.3 Å². The number of carbonyl (C=O) groups is 2. The Balaban J connectivity index is 1.54. The lowest BCUT2D eigenvalue weighted by Crippen LogP contribution is -2.41. The van der Waals surface area contributed by atoms with Crippen molar-refractivity contribution in [3.05, 3.63) is 47.2 Å². The Hall–Kier alpha value is -2.28. The number of thiazole rings is 1. The molecule has 1 aromatic carbocycles. The van der Waals surface area contributed by atoms with Gasteiger partial charge in [0, 0.05) is 36.1 Å². The van der Waals surface area contributed by atoms with Crippen molar-refractivity contribution in [2.75, 3.05) is 18.4 Å². The second-order valence-electron chi connectivity index (χ2n) is 5.40. The van der Waals surface area contributed by atoms with Crippen molar-refractivity contribution in [3.8, 4) is 0 Å². The van der Waals surface area contributed by atoms with Crippen LogP contribution in [0.15, 0.2) is 35.8 Å². The van der Waals surface area contributed by atoms with Crippen molar-refractivity contribution in [1.82, 2.24) is 9.88 Å². The summed E-state index contributed by atoms with van der Waals surface area (Å²) in [5.41, 5.74) is 0.470. The van der Waals surface area contributed by atoms with Crippen LogP contribution in [0.1, 0.15) is 23.2 Å². The lowest BCUT2D eigenvalue weighted by Gasteiger charge is -2.31. The maximum absolute atomic E-state index is 12.9. The molecule has 1 saturated heterocycles. The van der Waals surface area contributed by atoms with Crippen molar-refractivity contribution in [3.63, 3.8) is 0 Å². The molecule has 1 aliphatic rings. The van der Waals surface area contributed by atoms with Crippen LogP contribution in [0.5, 0.6) is 0 Å². The average Bonchev–Trinajstić information content (AvgIpc) is 3.08. The molecule has 5 nitrogen and oxygen atoms in total. The summed E-state index contributed by atoms with van der Waals surface area (Å²) in [4.78, 5) is 30.2. The average molecular weight is 333 g/mol. The number of amides is 2. The zero-order valence-corrected chi connectivity index (χ0v) is 13.2. The summed E-state index contributed by atoms with van der Waals surface area (Å²) >= 11 is 1.38. The van der Waals surface area contributed by atoms with E-state index in [4.69, 9.17) is 0 Å². The fourth-order valence-corrected chi connectivity index (χ4v) is 3.14. The van der Waals surface area contributed by atoms with E-state index in [9.17, 15) is 14.0 Å². The van der Waals surface area contributed by atoms with Gasteiger partial charge in [0.05, 0.1) is 0 Å². The molecule has 1 aromatic heterocycles. The molecule has 0 atom stereocenters. The molecule has 120 valence electrons. The molecule has 2 aromatic rings. The van der Waals surface area contributed by atoms with E-state index in [-0.39, 0.29) is 23.5 Å². The summed E-state index contributed by atoms with van der Waals surface area (Å²) in [5.74, 6) is -0.645. The number of carbonyl (C=O) groups excluding carboxylic acids is 2. The highest BCUT2D eigenvalue weighted by atomic mass is 32.1. The van der Waals surface area contributed by atoms with E-state index in [2.05, 4.69) is 10.3 Å². The number of nitrogens with one attached hydrogen (secondary N) is 1. The minimum atomic E-state index is -0.362. The van der Waals surface area contributed by atoms with E-state index in [1.165, 1.54) is 35.6 Å². The number of benzene rings is 1. The molecule has 0 radical (unpaired) electrons. The molecule has 0 spiro atoms. The summed E-state index contributed by atoms with van der Waals surface area (Å²) in [6, 6.07) is 5.53. The van der Waals surface area contributed by atoms with Crippen LogP contribution in [0.25, 0.3) is 0 Å². The molecule has 2 heterocycles. The van der Waals surface area contributed by atoms with Crippen LogP contribution in [0.2, 0.25) is 0 Å². The van der Waals surface area contributed by atoms with Gasteiger partial charge in [0.25, 0.3) is 5.91 Å². The highest BCUT2D eigenvalue weighted by molar-refractivity contribution is 7.13. The molecule has 23 heavy (non-hydrogen) atoms. The molecule has 1 fully saturated rings. The van der Waals surface area contributed by atoms with Crippen LogP contribution in [0, 0.1) is 11.7 Å². The first kappa shape index (κ1) is 15.6. The van der Waals surface area contributed by atoms with Gasteiger partial charge >= 0.3 is 0 Å². The number of aromatic nitrogens is 1. The third-order valence-electron chi connectivity index (χ3n) is 3.91.